The van der Waals surface area contributed by atoms with Gasteiger partial charge in [-0.25, -0.2) is 4.98 Å². The highest BCUT2D eigenvalue weighted by molar-refractivity contribution is 7.17. The van der Waals surface area contributed by atoms with Crippen LogP contribution in [0.3, 0.4) is 0 Å². The number of hydrogen-bond donors (Lipinski definition) is 1. The lowest BCUT2D eigenvalue weighted by Crippen LogP contribution is -2.24. The van der Waals surface area contributed by atoms with Crippen LogP contribution in [0.25, 0.3) is 10.1 Å². The van der Waals surface area contributed by atoms with E-state index in [0.29, 0.717) is 18.0 Å². The third-order valence-corrected chi connectivity index (χ3v) is 4.07. The minimum atomic E-state index is -0.238. The van der Waals surface area contributed by atoms with Gasteiger partial charge in [-0.1, -0.05) is 6.07 Å². The lowest BCUT2D eigenvalue weighted by Gasteiger charge is -2.08. The van der Waals surface area contributed by atoms with Crippen molar-refractivity contribution in [2.75, 3.05) is 7.11 Å². The molecule has 0 radical (unpaired) electrons. The van der Waals surface area contributed by atoms with Crippen molar-refractivity contribution in [2.24, 2.45) is 0 Å². The Morgan fingerprint density at radius 1 is 1.33 bits per heavy atom. The number of pyridine rings is 1. The molecule has 2 aromatic heterocycles. The van der Waals surface area contributed by atoms with Gasteiger partial charge in [0.25, 0.3) is 5.91 Å². The zero-order valence-corrected chi connectivity index (χ0v) is 12.3. The lowest BCUT2D eigenvalue weighted by atomic mass is 10.1. The van der Waals surface area contributed by atoms with Crippen LogP contribution in [0, 0.1) is 0 Å². The first-order chi connectivity index (χ1) is 10.3. The van der Waals surface area contributed by atoms with Crippen LogP contribution < -0.4 is 10.1 Å². The number of fused-ring (bicyclic) bond motifs is 1. The van der Waals surface area contributed by atoms with E-state index in [9.17, 15) is 4.79 Å². The molecule has 0 fully saturated rings. The number of methoxy groups -OCH3 is 1. The van der Waals surface area contributed by atoms with Crippen molar-refractivity contribution in [2.45, 2.75) is 6.54 Å². The van der Waals surface area contributed by atoms with Gasteiger partial charge in [0.1, 0.15) is 5.75 Å². The quantitative estimate of drug-likeness (QED) is 0.804. The topological polar surface area (TPSA) is 51.2 Å². The molecule has 0 bridgehead atoms. The van der Waals surface area contributed by atoms with Crippen molar-refractivity contribution < 1.29 is 9.53 Å². The van der Waals surface area contributed by atoms with E-state index in [1.54, 1.807) is 29.7 Å². The molecule has 1 amide bonds. The molecule has 0 unspecified atom stereocenters. The van der Waals surface area contributed by atoms with E-state index >= 15 is 0 Å². The van der Waals surface area contributed by atoms with Gasteiger partial charge < -0.3 is 10.1 Å². The second-order valence-corrected chi connectivity index (χ2v) is 5.48. The van der Waals surface area contributed by atoms with Crippen LogP contribution in [0.2, 0.25) is 0 Å². The van der Waals surface area contributed by atoms with Crippen LogP contribution >= 0.6 is 11.3 Å². The maximum Gasteiger partial charge on any atom is 0.274 e. The number of thiophene rings is 1. The molecule has 4 nitrogen and oxygen atoms in total. The van der Waals surface area contributed by atoms with Crippen LogP contribution in [0.1, 0.15) is 16.1 Å². The molecule has 3 rings (SSSR count). The Hall–Kier alpha value is -2.40. The predicted molar refractivity (Wildman–Crippen MR) is 83.8 cm³/mol. The molecule has 1 aromatic carbocycles. The second kappa shape index (κ2) is 5.93. The monoisotopic (exact) mass is 298 g/mol. The molecular formula is C16H14N2O2S. The number of benzene rings is 1. The van der Waals surface area contributed by atoms with Gasteiger partial charge in [-0.3, -0.25) is 4.79 Å². The maximum atomic E-state index is 12.2. The smallest absolute Gasteiger partial charge is 0.274 e. The zero-order chi connectivity index (χ0) is 14.7. The molecule has 0 atom stereocenters. The Morgan fingerprint density at radius 2 is 2.24 bits per heavy atom. The minimum absolute atomic E-state index is 0.238. The van der Waals surface area contributed by atoms with Gasteiger partial charge >= 0.3 is 0 Å². The number of carbonyl (C=O) groups is 1. The van der Waals surface area contributed by atoms with Crippen LogP contribution in [0.5, 0.6) is 5.75 Å². The fraction of sp³-hybridized carbons (Fsp3) is 0.125. The van der Waals surface area contributed by atoms with Crippen LogP contribution in [0.4, 0.5) is 0 Å². The third-order valence-electron chi connectivity index (χ3n) is 3.18. The van der Waals surface area contributed by atoms with Crippen molar-refractivity contribution in [3.05, 3.63) is 59.2 Å². The fourth-order valence-electron chi connectivity index (χ4n) is 2.12. The molecule has 1 N–H and O–H groups in total. The summed E-state index contributed by atoms with van der Waals surface area (Å²) in [5, 5.41) is 6.13. The van der Waals surface area contributed by atoms with E-state index in [2.05, 4.69) is 33.9 Å². The summed E-state index contributed by atoms with van der Waals surface area (Å²) in [5.41, 5.74) is 1.36. The SMILES string of the molecule is COc1cccnc1C(=O)NCc1ccc2sccc2c1. The first-order valence-electron chi connectivity index (χ1n) is 6.51. The average Bonchev–Trinajstić information content (AvgIpc) is 3.00. The average molecular weight is 298 g/mol. The molecule has 2 heterocycles. The van der Waals surface area contributed by atoms with Crippen molar-refractivity contribution in [3.63, 3.8) is 0 Å². The molecule has 0 spiro atoms. The standard InChI is InChI=1S/C16H14N2O2S/c1-20-13-3-2-7-17-15(13)16(19)18-10-11-4-5-14-12(9-11)6-8-21-14/h2-9H,10H2,1H3,(H,18,19). The summed E-state index contributed by atoms with van der Waals surface area (Å²) in [6, 6.07) is 11.7. The molecule has 0 saturated heterocycles. The predicted octanol–water partition coefficient (Wildman–Crippen LogP) is 3.23. The number of carbonyl (C=O) groups excluding carboxylic acids is 1. The largest absolute Gasteiger partial charge is 0.494 e. The van der Waals surface area contributed by atoms with Gasteiger partial charge in [-0.05, 0) is 46.7 Å². The van der Waals surface area contributed by atoms with Gasteiger partial charge in [0.05, 0.1) is 7.11 Å². The highest BCUT2D eigenvalue weighted by atomic mass is 32.1. The van der Waals surface area contributed by atoms with Gasteiger partial charge in [-0.15, -0.1) is 11.3 Å². The van der Waals surface area contributed by atoms with E-state index in [4.69, 9.17) is 4.74 Å². The van der Waals surface area contributed by atoms with E-state index in [0.717, 1.165) is 5.56 Å². The first kappa shape index (κ1) is 13.6. The summed E-state index contributed by atoms with van der Waals surface area (Å²) >= 11 is 1.71. The molecule has 0 saturated carbocycles. The summed E-state index contributed by atoms with van der Waals surface area (Å²) in [6.07, 6.45) is 1.58. The molecular weight excluding hydrogens is 284 g/mol. The summed E-state index contributed by atoms with van der Waals surface area (Å²) in [4.78, 5) is 16.2. The van der Waals surface area contributed by atoms with Gasteiger partial charge in [-0.2, -0.15) is 0 Å². The summed E-state index contributed by atoms with van der Waals surface area (Å²) < 4.78 is 6.39. The number of amides is 1. The molecule has 21 heavy (non-hydrogen) atoms. The minimum Gasteiger partial charge on any atom is -0.494 e. The van der Waals surface area contributed by atoms with Crippen molar-refractivity contribution in [3.8, 4) is 5.75 Å². The molecule has 5 heteroatoms. The van der Waals surface area contributed by atoms with Crippen molar-refractivity contribution in [1.82, 2.24) is 10.3 Å². The van der Waals surface area contributed by atoms with Gasteiger partial charge in [0.2, 0.25) is 0 Å². The zero-order valence-electron chi connectivity index (χ0n) is 11.5. The Kier molecular flexibility index (Phi) is 3.83. The highest BCUT2D eigenvalue weighted by Gasteiger charge is 2.12. The molecule has 0 aliphatic rings. The number of rotatable bonds is 4. The Balaban J connectivity index is 1.73. The number of ether oxygens (including phenoxy) is 1. The van der Waals surface area contributed by atoms with E-state index in [1.165, 1.54) is 17.2 Å². The summed E-state index contributed by atoms with van der Waals surface area (Å²) in [6.45, 7) is 0.463. The van der Waals surface area contributed by atoms with Crippen LogP contribution in [-0.2, 0) is 6.54 Å². The number of nitrogens with one attached hydrogen (secondary N) is 1. The molecule has 0 aliphatic heterocycles. The highest BCUT2D eigenvalue weighted by Crippen LogP contribution is 2.21. The number of hydrogen-bond acceptors (Lipinski definition) is 4. The summed E-state index contributed by atoms with van der Waals surface area (Å²) in [7, 11) is 1.53. The van der Waals surface area contributed by atoms with Crippen LogP contribution in [0.15, 0.2) is 48.0 Å². The van der Waals surface area contributed by atoms with Crippen molar-refractivity contribution >= 4 is 27.3 Å². The number of nitrogens with zero attached hydrogens (tertiary/aromatic N) is 1. The third kappa shape index (κ3) is 2.87. The lowest BCUT2D eigenvalue weighted by molar-refractivity contribution is 0.0942. The molecule has 3 aromatic rings. The Morgan fingerprint density at radius 3 is 3.10 bits per heavy atom. The Labute approximate surface area is 126 Å². The first-order valence-corrected chi connectivity index (χ1v) is 7.39. The molecule has 0 aliphatic carbocycles. The summed E-state index contributed by atoms with van der Waals surface area (Å²) in [5.74, 6) is 0.237. The van der Waals surface area contributed by atoms with Gasteiger partial charge in [0.15, 0.2) is 5.69 Å². The fourth-order valence-corrected chi connectivity index (χ4v) is 2.89. The Bertz CT molecular complexity index is 783. The second-order valence-electron chi connectivity index (χ2n) is 4.53. The number of aromatic nitrogens is 1. The van der Waals surface area contributed by atoms with Crippen molar-refractivity contribution in [1.29, 1.82) is 0 Å². The normalized spacial score (nSPS) is 10.5. The molecule has 106 valence electrons. The van der Waals surface area contributed by atoms with E-state index in [1.807, 2.05) is 6.07 Å². The van der Waals surface area contributed by atoms with Gasteiger partial charge in [0, 0.05) is 17.4 Å². The maximum absolute atomic E-state index is 12.2. The van der Waals surface area contributed by atoms with E-state index < -0.39 is 0 Å². The van der Waals surface area contributed by atoms with Crippen LogP contribution in [-0.4, -0.2) is 18.0 Å². The van der Waals surface area contributed by atoms with E-state index in [-0.39, 0.29) is 5.91 Å².